The summed E-state index contributed by atoms with van der Waals surface area (Å²) < 4.78 is 0. The molecule has 2 aliphatic heterocycles. The standard InChI is InChI=1S/C21H34N4.HI/c1-17-3-5-20(6-4-17)16-24-11-9-19(10-12-24)15-23-21(22)25-13-7-18(2)8-14-25;/h3-6,18-19H,7-16H2,1-2H3,(H2,22,23);1H. The number of nitrogens with two attached hydrogens (primary N) is 1. The van der Waals surface area contributed by atoms with E-state index in [0.717, 1.165) is 38.1 Å². The molecule has 0 aliphatic carbocycles. The van der Waals surface area contributed by atoms with Crippen molar-refractivity contribution >= 4 is 29.9 Å². The van der Waals surface area contributed by atoms with Crippen LogP contribution >= 0.6 is 24.0 Å². The fraction of sp³-hybridized carbons (Fsp3) is 0.667. The van der Waals surface area contributed by atoms with Crippen LogP contribution in [0.5, 0.6) is 0 Å². The molecular formula is C21H35IN4. The van der Waals surface area contributed by atoms with E-state index in [1.807, 2.05) is 0 Å². The van der Waals surface area contributed by atoms with Gasteiger partial charge in [-0.15, -0.1) is 24.0 Å². The highest BCUT2D eigenvalue weighted by atomic mass is 127. The molecule has 146 valence electrons. The van der Waals surface area contributed by atoms with E-state index < -0.39 is 0 Å². The zero-order valence-corrected chi connectivity index (χ0v) is 18.7. The summed E-state index contributed by atoms with van der Waals surface area (Å²) >= 11 is 0. The molecule has 2 N–H and O–H groups in total. The Balaban J connectivity index is 0.00000243. The minimum atomic E-state index is 0. The summed E-state index contributed by atoms with van der Waals surface area (Å²) in [5, 5.41) is 0. The van der Waals surface area contributed by atoms with Gasteiger partial charge in [-0.05, 0) is 63.1 Å². The van der Waals surface area contributed by atoms with Crippen LogP contribution in [0.15, 0.2) is 29.3 Å². The third-order valence-corrected chi connectivity index (χ3v) is 5.85. The first-order valence-electron chi connectivity index (χ1n) is 9.93. The molecule has 2 aliphatic rings. The lowest BCUT2D eigenvalue weighted by Gasteiger charge is -2.33. The van der Waals surface area contributed by atoms with Gasteiger partial charge in [0.1, 0.15) is 0 Å². The molecule has 0 amide bonds. The number of piperidine rings is 2. The SMILES string of the molecule is Cc1ccc(CN2CCC(CN=C(N)N3CCC(C)CC3)CC2)cc1.I. The van der Waals surface area contributed by atoms with Crippen molar-refractivity contribution in [3.05, 3.63) is 35.4 Å². The Morgan fingerprint density at radius 1 is 1.04 bits per heavy atom. The molecule has 0 saturated carbocycles. The highest BCUT2D eigenvalue weighted by Gasteiger charge is 2.20. The molecule has 2 heterocycles. The Kier molecular flexibility index (Phi) is 8.67. The summed E-state index contributed by atoms with van der Waals surface area (Å²) in [6.45, 7) is 10.9. The zero-order valence-electron chi connectivity index (χ0n) is 16.4. The fourth-order valence-corrected chi connectivity index (χ4v) is 3.84. The Bertz CT molecular complexity index is 556. The lowest BCUT2D eigenvalue weighted by molar-refractivity contribution is 0.180. The van der Waals surface area contributed by atoms with Crippen molar-refractivity contribution in [3.8, 4) is 0 Å². The van der Waals surface area contributed by atoms with Crippen molar-refractivity contribution in [2.75, 3.05) is 32.7 Å². The molecule has 2 fully saturated rings. The number of benzene rings is 1. The topological polar surface area (TPSA) is 44.9 Å². The molecule has 0 bridgehead atoms. The van der Waals surface area contributed by atoms with E-state index >= 15 is 0 Å². The molecule has 4 nitrogen and oxygen atoms in total. The number of rotatable bonds is 4. The maximum absolute atomic E-state index is 6.22. The van der Waals surface area contributed by atoms with Gasteiger partial charge in [-0.25, -0.2) is 0 Å². The van der Waals surface area contributed by atoms with E-state index in [9.17, 15) is 0 Å². The van der Waals surface area contributed by atoms with E-state index in [1.165, 1.54) is 49.9 Å². The van der Waals surface area contributed by atoms with Crippen molar-refractivity contribution in [1.29, 1.82) is 0 Å². The summed E-state index contributed by atoms with van der Waals surface area (Å²) in [5.74, 6) is 2.30. The summed E-state index contributed by atoms with van der Waals surface area (Å²) in [6, 6.07) is 8.93. The largest absolute Gasteiger partial charge is 0.370 e. The van der Waals surface area contributed by atoms with E-state index in [1.54, 1.807) is 0 Å². The predicted molar refractivity (Wildman–Crippen MR) is 121 cm³/mol. The van der Waals surface area contributed by atoms with Gasteiger partial charge >= 0.3 is 0 Å². The number of likely N-dealkylation sites (tertiary alicyclic amines) is 2. The third-order valence-electron chi connectivity index (χ3n) is 5.85. The molecule has 0 unspecified atom stereocenters. The van der Waals surface area contributed by atoms with Gasteiger partial charge in [-0.2, -0.15) is 0 Å². The summed E-state index contributed by atoms with van der Waals surface area (Å²) in [6.07, 6.45) is 4.96. The second kappa shape index (κ2) is 10.5. The van der Waals surface area contributed by atoms with Crippen LogP contribution in [0, 0.1) is 18.8 Å². The molecule has 26 heavy (non-hydrogen) atoms. The van der Waals surface area contributed by atoms with Gasteiger partial charge < -0.3 is 10.6 Å². The number of hydrogen-bond acceptors (Lipinski definition) is 2. The van der Waals surface area contributed by atoms with E-state index in [-0.39, 0.29) is 24.0 Å². The third kappa shape index (κ3) is 6.41. The Labute approximate surface area is 176 Å². The van der Waals surface area contributed by atoms with Gasteiger partial charge in [-0.1, -0.05) is 36.8 Å². The molecule has 3 rings (SSSR count). The highest BCUT2D eigenvalue weighted by molar-refractivity contribution is 14.0. The fourth-order valence-electron chi connectivity index (χ4n) is 3.84. The molecule has 0 aromatic heterocycles. The molecule has 2 saturated heterocycles. The normalized spacial score (nSPS) is 20.8. The van der Waals surface area contributed by atoms with Gasteiger partial charge in [0.25, 0.3) is 0 Å². The second-order valence-electron chi connectivity index (χ2n) is 8.07. The minimum Gasteiger partial charge on any atom is -0.370 e. The van der Waals surface area contributed by atoms with Crippen LogP contribution in [0.3, 0.4) is 0 Å². The first-order chi connectivity index (χ1) is 12.1. The average Bonchev–Trinajstić information content (AvgIpc) is 2.63. The number of hydrogen-bond donors (Lipinski definition) is 1. The summed E-state index contributed by atoms with van der Waals surface area (Å²) in [4.78, 5) is 9.56. The van der Waals surface area contributed by atoms with Crippen LogP contribution < -0.4 is 5.73 Å². The van der Waals surface area contributed by atoms with Crippen molar-refractivity contribution in [2.24, 2.45) is 22.6 Å². The van der Waals surface area contributed by atoms with Crippen LogP contribution in [-0.4, -0.2) is 48.5 Å². The lowest BCUT2D eigenvalue weighted by atomic mass is 9.96. The molecule has 0 atom stereocenters. The van der Waals surface area contributed by atoms with Crippen LogP contribution in [0.2, 0.25) is 0 Å². The van der Waals surface area contributed by atoms with Crippen molar-refractivity contribution in [1.82, 2.24) is 9.80 Å². The van der Waals surface area contributed by atoms with Crippen LogP contribution in [-0.2, 0) is 6.54 Å². The smallest absolute Gasteiger partial charge is 0.191 e. The number of guanidine groups is 1. The molecule has 1 aromatic rings. The van der Waals surface area contributed by atoms with E-state index in [0.29, 0.717) is 5.92 Å². The lowest BCUT2D eigenvalue weighted by Crippen LogP contribution is -2.43. The first-order valence-corrected chi connectivity index (χ1v) is 9.93. The van der Waals surface area contributed by atoms with Crippen molar-refractivity contribution in [3.63, 3.8) is 0 Å². The maximum Gasteiger partial charge on any atom is 0.191 e. The zero-order chi connectivity index (χ0) is 17.6. The average molecular weight is 470 g/mol. The van der Waals surface area contributed by atoms with Crippen molar-refractivity contribution < 1.29 is 0 Å². The summed E-state index contributed by atoms with van der Waals surface area (Å²) in [5.41, 5.74) is 8.97. The van der Waals surface area contributed by atoms with Gasteiger partial charge in [0.15, 0.2) is 5.96 Å². The maximum atomic E-state index is 6.22. The molecule has 0 spiro atoms. The number of halogens is 1. The van der Waals surface area contributed by atoms with Gasteiger partial charge in [-0.3, -0.25) is 9.89 Å². The predicted octanol–water partition coefficient (Wildman–Crippen LogP) is 3.87. The molecular weight excluding hydrogens is 435 g/mol. The van der Waals surface area contributed by atoms with Crippen LogP contribution in [0.1, 0.15) is 43.7 Å². The highest BCUT2D eigenvalue weighted by Crippen LogP contribution is 2.20. The van der Waals surface area contributed by atoms with Crippen molar-refractivity contribution in [2.45, 2.75) is 46.1 Å². The number of nitrogens with zero attached hydrogens (tertiary/aromatic N) is 3. The molecule has 1 aromatic carbocycles. The monoisotopic (exact) mass is 470 g/mol. The molecule has 0 radical (unpaired) electrons. The van der Waals surface area contributed by atoms with Crippen LogP contribution in [0.25, 0.3) is 0 Å². The molecule has 5 heteroatoms. The van der Waals surface area contributed by atoms with Crippen LogP contribution in [0.4, 0.5) is 0 Å². The second-order valence-corrected chi connectivity index (χ2v) is 8.07. The van der Waals surface area contributed by atoms with E-state index in [4.69, 9.17) is 10.7 Å². The Hall–Kier alpha value is -0.820. The van der Waals surface area contributed by atoms with E-state index in [2.05, 4.69) is 47.9 Å². The Morgan fingerprint density at radius 3 is 2.27 bits per heavy atom. The van der Waals surface area contributed by atoms with Gasteiger partial charge in [0.05, 0.1) is 0 Å². The minimum absolute atomic E-state index is 0. The quantitative estimate of drug-likeness (QED) is 0.413. The van der Waals surface area contributed by atoms with Gasteiger partial charge in [0.2, 0.25) is 0 Å². The van der Waals surface area contributed by atoms with Gasteiger partial charge in [0, 0.05) is 26.2 Å². The first kappa shape index (κ1) is 21.5. The summed E-state index contributed by atoms with van der Waals surface area (Å²) in [7, 11) is 0. The number of aryl methyl sites for hydroxylation is 1. The number of aliphatic imine (C=N–C) groups is 1. The Morgan fingerprint density at radius 2 is 1.65 bits per heavy atom.